The minimum atomic E-state index is -0.109. The third-order valence-corrected chi connectivity index (χ3v) is 4.16. The topological polar surface area (TPSA) is 69.0 Å². The zero-order valence-electron chi connectivity index (χ0n) is 13.1. The standard InChI is InChI=1S/C16H20N4O2/c1-10-15-12(5-4-6-13(15)20(2)19-10)18-16(21)11-7-8-17-14(9-11)22-3/h7-9,12H,4-6H2,1-3H3,(H,18,21). The van der Waals surface area contributed by atoms with E-state index in [2.05, 4.69) is 15.4 Å². The second-order valence-corrected chi connectivity index (χ2v) is 5.57. The summed E-state index contributed by atoms with van der Waals surface area (Å²) in [5, 5.41) is 7.61. The summed E-state index contributed by atoms with van der Waals surface area (Å²) in [5.41, 5.74) is 3.94. The van der Waals surface area contributed by atoms with Crippen LogP contribution in [0.25, 0.3) is 0 Å². The van der Waals surface area contributed by atoms with Crippen LogP contribution in [0.3, 0.4) is 0 Å². The highest BCUT2D eigenvalue weighted by Crippen LogP contribution is 2.32. The van der Waals surface area contributed by atoms with Gasteiger partial charge in [-0.2, -0.15) is 5.10 Å². The van der Waals surface area contributed by atoms with E-state index in [-0.39, 0.29) is 11.9 Å². The molecule has 22 heavy (non-hydrogen) atoms. The Labute approximate surface area is 129 Å². The number of nitrogens with zero attached hydrogens (tertiary/aromatic N) is 3. The molecule has 0 saturated heterocycles. The fourth-order valence-electron chi connectivity index (χ4n) is 3.14. The van der Waals surface area contributed by atoms with E-state index in [0.717, 1.165) is 25.0 Å². The molecule has 2 heterocycles. The summed E-state index contributed by atoms with van der Waals surface area (Å²) < 4.78 is 7.00. The summed E-state index contributed by atoms with van der Waals surface area (Å²) in [6.45, 7) is 2.00. The van der Waals surface area contributed by atoms with E-state index in [1.807, 2.05) is 18.7 Å². The lowest BCUT2D eigenvalue weighted by Crippen LogP contribution is -2.31. The van der Waals surface area contributed by atoms with Gasteiger partial charge in [0.15, 0.2) is 0 Å². The molecule has 0 aromatic carbocycles. The molecule has 2 aromatic rings. The van der Waals surface area contributed by atoms with Crippen LogP contribution in [-0.2, 0) is 13.5 Å². The van der Waals surface area contributed by atoms with Crippen LogP contribution in [0.2, 0.25) is 0 Å². The normalized spacial score (nSPS) is 17.0. The lowest BCUT2D eigenvalue weighted by atomic mass is 9.91. The third-order valence-electron chi connectivity index (χ3n) is 4.16. The zero-order valence-corrected chi connectivity index (χ0v) is 13.1. The molecule has 1 amide bonds. The summed E-state index contributed by atoms with van der Waals surface area (Å²) in [4.78, 5) is 16.5. The van der Waals surface area contributed by atoms with Gasteiger partial charge >= 0.3 is 0 Å². The highest BCUT2D eigenvalue weighted by atomic mass is 16.5. The van der Waals surface area contributed by atoms with Crippen molar-refractivity contribution in [3.8, 4) is 5.88 Å². The Morgan fingerprint density at radius 2 is 2.32 bits per heavy atom. The molecule has 0 bridgehead atoms. The molecule has 0 saturated carbocycles. The molecule has 0 aliphatic heterocycles. The number of aromatic nitrogens is 3. The average molecular weight is 300 g/mol. The molecule has 2 aromatic heterocycles. The van der Waals surface area contributed by atoms with Crippen molar-refractivity contribution in [1.29, 1.82) is 0 Å². The molecule has 0 spiro atoms. The number of hydrogen-bond donors (Lipinski definition) is 1. The van der Waals surface area contributed by atoms with Gasteiger partial charge in [0.05, 0.1) is 18.8 Å². The molecule has 1 aliphatic carbocycles. The van der Waals surface area contributed by atoms with Gasteiger partial charge in [0.25, 0.3) is 5.91 Å². The summed E-state index contributed by atoms with van der Waals surface area (Å²) in [7, 11) is 3.50. The van der Waals surface area contributed by atoms with Gasteiger partial charge in [-0.25, -0.2) is 4.98 Å². The second kappa shape index (κ2) is 5.79. The minimum Gasteiger partial charge on any atom is -0.481 e. The van der Waals surface area contributed by atoms with Crippen LogP contribution >= 0.6 is 0 Å². The lowest BCUT2D eigenvalue weighted by molar-refractivity contribution is 0.0932. The van der Waals surface area contributed by atoms with Crippen LogP contribution in [0.4, 0.5) is 0 Å². The van der Waals surface area contributed by atoms with Crippen molar-refractivity contribution in [2.45, 2.75) is 32.2 Å². The van der Waals surface area contributed by atoms with E-state index in [0.29, 0.717) is 11.4 Å². The lowest BCUT2D eigenvalue weighted by Gasteiger charge is -2.24. The number of pyridine rings is 1. The number of ether oxygens (including phenoxy) is 1. The number of carbonyl (C=O) groups excluding carboxylic acids is 1. The summed E-state index contributed by atoms with van der Waals surface area (Å²) in [6.07, 6.45) is 4.58. The highest BCUT2D eigenvalue weighted by Gasteiger charge is 2.27. The molecular formula is C16H20N4O2. The van der Waals surface area contributed by atoms with E-state index in [1.54, 1.807) is 18.3 Å². The average Bonchev–Trinajstić information content (AvgIpc) is 2.83. The molecule has 1 unspecified atom stereocenters. The van der Waals surface area contributed by atoms with Crippen molar-refractivity contribution in [2.75, 3.05) is 7.11 Å². The van der Waals surface area contributed by atoms with Crippen LogP contribution in [-0.4, -0.2) is 27.8 Å². The number of amides is 1. The molecule has 6 heteroatoms. The monoisotopic (exact) mass is 300 g/mol. The van der Waals surface area contributed by atoms with Crippen molar-refractivity contribution in [3.05, 3.63) is 40.8 Å². The zero-order chi connectivity index (χ0) is 15.7. The first-order valence-electron chi connectivity index (χ1n) is 7.43. The summed E-state index contributed by atoms with van der Waals surface area (Å²) in [6, 6.07) is 3.36. The van der Waals surface area contributed by atoms with Crippen LogP contribution in [0.1, 0.15) is 46.2 Å². The first kappa shape index (κ1) is 14.6. The van der Waals surface area contributed by atoms with E-state index < -0.39 is 0 Å². The Morgan fingerprint density at radius 1 is 1.50 bits per heavy atom. The maximum absolute atomic E-state index is 12.5. The van der Waals surface area contributed by atoms with Gasteiger partial charge in [0.2, 0.25) is 5.88 Å². The van der Waals surface area contributed by atoms with Gasteiger partial charge in [0.1, 0.15) is 0 Å². The molecule has 0 fully saturated rings. The number of fused-ring (bicyclic) bond motifs is 1. The molecule has 1 N–H and O–H groups in total. The SMILES string of the molecule is COc1cc(C(=O)NC2CCCc3c2c(C)nn3C)ccn1. The molecule has 3 rings (SSSR count). The minimum absolute atomic E-state index is 0.0177. The predicted octanol–water partition coefficient (Wildman–Crippen LogP) is 1.94. The molecule has 1 atom stereocenters. The Morgan fingerprint density at radius 3 is 3.09 bits per heavy atom. The fourth-order valence-corrected chi connectivity index (χ4v) is 3.14. The van der Waals surface area contributed by atoms with Crippen LogP contribution in [0, 0.1) is 6.92 Å². The first-order chi connectivity index (χ1) is 10.6. The Kier molecular flexibility index (Phi) is 3.83. The fraction of sp³-hybridized carbons (Fsp3) is 0.438. The van der Waals surface area contributed by atoms with Crippen LogP contribution in [0.15, 0.2) is 18.3 Å². The smallest absolute Gasteiger partial charge is 0.252 e. The van der Waals surface area contributed by atoms with E-state index in [1.165, 1.54) is 18.4 Å². The van der Waals surface area contributed by atoms with Gasteiger partial charge in [-0.15, -0.1) is 0 Å². The van der Waals surface area contributed by atoms with Gasteiger partial charge in [-0.05, 0) is 32.3 Å². The van der Waals surface area contributed by atoms with Gasteiger partial charge in [-0.1, -0.05) is 0 Å². The number of rotatable bonds is 3. The van der Waals surface area contributed by atoms with Gasteiger partial charge in [-0.3, -0.25) is 9.48 Å². The number of carbonyl (C=O) groups is 1. The number of methoxy groups -OCH3 is 1. The van der Waals surface area contributed by atoms with Gasteiger partial charge < -0.3 is 10.1 Å². The third kappa shape index (κ3) is 2.56. The largest absolute Gasteiger partial charge is 0.481 e. The van der Waals surface area contributed by atoms with E-state index in [4.69, 9.17) is 4.74 Å². The molecule has 116 valence electrons. The van der Waals surface area contributed by atoms with E-state index in [9.17, 15) is 4.79 Å². The first-order valence-corrected chi connectivity index (χ1v) is 7.43. The Hall–Kier alpha value is -2.37. The highest BCUT2D eigenvalue weighted by molar-refractivity contribution is 5.94. The number of hydrogen-bond acceptors (Lipinski definition) is 4. The van der Waals surface area contributed by atoms with Crippen molar-refractivity contribution < 1.29 is 9.53 Å². The maximum atomic E-state index is 12.5. The second-order valence-electron chi connectivity index (χ2n) is 5.57. The quantitative estimate of drug-likeness (QED) is 0.940. The van der Waals surface area contributed by atoms with Crippen molar-refractivity contribution in [1.82, 2.24) is 20.1 Å². The molecule has 0 radical (unpaired) electrons. The Balaban J connectivity index is 1.83. The summed E-state index contributed by atoms with van der Waals surface area (Å²) >= 11 is 0. The molecule has 6 nitrogen and oxygen atoms in total. The van der Waals surface area contributed by atoms with E-state index >= 15 is 0 Å². The van der Waals surface area contributed by atoms with Crippen LogP contribution < -0.4 is 10.1 Å². The van der Waals surface area contributed by atoms with Crippen molar-refractivity contribution in [2.24, 2.45) is 7.05 Å². The van der Waals surface area contributed by atoms with Gasteiger partial charge in [0, 0.05) is 36.1 Å². The predicted molar refractivity (Wildman–Crippen MR) is 81.9 cm³/mol. The van der Waals surface area contributed by atoms with Crippen molar-refractivity contribution >= 4 is 5.91 Å². The Bertz CT molecular complexity index is 708. The number of nitrogens with one attached hydrogen (secondary N) is 1. The molecule has 1 aliphatic rings. The molecular weight excluding hydrogens is 280 g/mol. The van der Waals surface area contributed by atoms with Crippen LogP contribution in [0.5, 0.6) is 5.88 Å². The van der Waals surface area contributed by atoms with Crippen molar-refractivity contribution in [3.63, 3.8) is 0 Å². The number of aryl methyl sites for hydroxylation is 2. The summed E-state index contributed by atoms with van der Waals surface area (Å²) in [5.74, 6) is 0.330. The maximum Gasteiger partial charge on any atom is 0.252 e.